The summed E-state index contributed by atoms with van der Waals surface area (Å²) in [6.45, 7) is 35.7. The summed E-state index contributed by atoms with van der Waals surface area (Å²) in [5, 5.41) is 0. The van der Waals surface area contributed by atoms with Crippen LogP contribution in [0, 0.1) is 50.2 Å². The topological polar surface area (TPSA) is 174 Å². The maximum Gasteiger partial charge on any atom is 0.312 e. The van der Waals surface area contributed by atoms with Crippen molar-refractivity contribution in [3.8, 4) is 5.75 Å². The van der Waals surface area contributed by atoms with Gasteiger partial charge in [0.25, 0.3) is 0 Å². The molecule has 4 atom stereocenters. The zero-order valence-electron chi connectivity index (χ0n) is 64.2. The number of hydrogen-bond donors (Lipinski definition) is 0. The Hall–Kier alpha value is -5.02. The van der Waals surface area contributed by atoms with E-state index in [0.29, 0.717) is 62.6 Å². The van der Waals surface area contributed by atoms with Crippen molar-refractivity contribution in [3.63, 3.8) is 0 Å². The van der Waals surface area contributed by atoms with Gasteiger partial charge in [0, 0.05) is 13.1 Å². The van der Waals surface area contributed by atoms with Crippen molar-refractivity contribution in [3.05, 3.63) is 65.7 Å². The number of esters is 6. The van der Waals surface area contributed by atoms with Gasteiger partial charge in [-0.2, -0.15) is 0 Å². The highest BCUT2D eigenvalue weighted by molar-refractivity contribution is 5.83. The van der Waals surface area contributed by atoms with Crippen LogP contribution in [0.3, 0.4) is 0 Å². The van der Waals surface area contributed by atoms with Crippen molar-refractivity contribution in [2.75, 3.05) is 54.5 Å². The van der Waals surface area contributed by atoms with E-state index < -0.39 is 32.7 Å². The van der Waals surface area contributed by atoms with E-state index in [1.165, 1.54) is 56.9 Å². The Morgan fingerprint density at radius 1 is 0.479 bits per heavy atom. The molecular weight excluding hydrogens is 1210 g/mol. The summed E-state index contributed by atoms with van der Waals surface area (Å²) in [5.74, 6) is 2.06. The van der Waals surface area contributed by atoms with E-state index in [0.717, 1.165) is 75.5 Å². The minimum Gasteiger partial charge on any atom is -0.488 e. The van der Waals surface area contributed by atoms with Gasteiger partial charge < -0.3 is 43.0 Å². The third-order valence-electron chi connectivity index (χ3n) is 21.2. The van der Waals surface area contributed by atoms with Gasteiger partial charge in [0.1, 0.15) is 49.0 Å². The molecular formula is C81H134N2O13. The molecule has 0 spiro atoms. The maximum absolute atomic E-state index is 14.4. The van der Waals surface area contributed by atoms with Crippen molar-refractivity contribution in [1.29, 1.82) is 0 Å². The predicted octanol–water partition coefficient (Wildman–Crippen LogP) is 18.1. The van der Waals surface area contributed by atoms with Gasteiger partial charge in [0.2, 0.25) is 0 Å². The number of benzene rings is 2. The van der Waals surface area contributed by atoms with E-state index >= 15 is 0 Å². The second kappa shape index (κ2) is 37.4. The van der Waals surface area contributed by atoms with Crippen LogP contribution in [0.2, 0.25) is 0 Å². The third kappa shape index (κ3) is 26.9. The number of hydrogen-bond acceptors (Lipinski definition) is 15. The Morgan fingerprint density at radius 2 is 0.906 bits per heavy atom. The van der Waals surface area contributed by atoms with Crippen LogP contribution in [0.15, 0.2) is 54.6 Å². The maximum atomic E-state index is 14.4. The average molecular weight is 1340 g/mol. The van der Waals surface area contributed by atoms with E-state index in [1.807, 2.05) is 151 Å². The molecule has 96 heavy (non-hydrogen) atoms. The number of rotatable bonds is 29. The van der Waals surface area contributed by atoms with Gasteiger partial charge in [-0.05, 0) is 293 Å². The Bertz CT molecular complexity index is 2670. The smallest absolute Gasteiger partial charge is 0.312 e. The molecule has 15 heteroatoms. The monoisotopic (exact) mass is 1340 g/mol. The van der Waals surface area contributed by atoms with Crippen molar-refractivity contribution in [1.82, 2.24) is 9.80 Å². The molecule has 2 aromatic rings. The lowest BCUT2D eigenvalue weighted by Crippen LogP contribution is -2.55. The Kier molecular flexibility index (Phi) is 32.5. The van der Waals surface area contributed by atoms with Crippen LogP contribution in [-0.2, 0) is 63.8 Å². The largest absolute Gasteiger partial charge is 0.488 e. The lowest BCUT2D eigenvalue weighted by Gasteiger charge is -2.56. The van der Waals surface area contributed by atoms with E-state index in [1.54, 1.807) is 0 Å². The van der Waals surface area contributed by atoms with Gasteiger partial charge >= 0.3 is 35.8 Å². The summed E-state index contributed by atoms with van der Waals surface area (Å²) in [7, 11) is 7.74. The molecule has 6 aliphatic rings. The highest BCUT2D eigenvalue weighted by Gasteiger charge is 2.57. The molecule has 546 valence electrons. The van der Waals surface area contributed by atoms with Gasteiger partial charge in [0.05, 0.1) is 32.5 Å². The molecule has 6 fully saturated rings. The van der Waals surface area contributed by atoms with Gasteiger partial charge in [-0.25, -0.2) is 0 Å². The molecule has 0 radical (unpaired) electrons. The molecule has 4 unspecified atom stereocenters. The van der Waals surface area contributed by atoms with Gasteiger partial charge in [-0.15, -0.1) is 0 Å². The van der Waals surface area contributed by atoms with Crippen molar-refractivity contribution in [2.24, 2.45) is 50.2 Å². The van der Waals surface area contributed by atoms with Gasteiger partial charge in [0.15, 0.2) is 0 Å². The zero-order chi connectivity index (χ0) is 71.9. The lowest BCUT2D eigenvalue weighted by molar-refractivity contribution is -0.201. The fourth-order valence-electron chi connectivity index (χ4n) is 14.8. The summed E-state index contributed by atoms with van der Waals surface area (Å²) in [5.41, 5.74) is -2.91. The van der Waals surface area contributed by atoms with Crippen LogP contribution >= 0.6 is 0 Å². The summed E-state index contributed by atoms with van der Waals surface area (Å²) in [6, 6.07) is 18.1. The molecule has 0 saturated heterocycles. The summed E-state index contributed by atoms with van der Waals surface area (Å²) in [6.07, 6.45) is 22.1. The van der Waals surface area contributed by atoms with E-state index in [4.69, 9.17) is 33.2 Å². The predicted molar refractivity (Wildman–Crippen MR) is 384 cm³/mol. The first-order chi connectivity index (χ1) is 44.8. The molecule has 0 aromatic heterocycles. The highest BCUT2D eigenvalue weighted by Crippen LogP contribution is 2.58. The van der Waals surface area contributed by atoms with E-state index in [2.05, 4.69) is 58.9 Å². The fraction of sp³-hybridized carbons (Fsp3) is 0.778. The van der Waals surface area contributed by atoms with Crippen molar-refractivity contribution in [2.45, 2.75) is 301 Å². The van der Waals surface area contributed by atoms with Crippen LogP contribution in [-0.4, -0.2) is 124 Å². The summed E-state index contributed by atoms with van der Waals surface area (Å²) < 4.78 is 40.5. The number of ether oxygens (including phenoxy) is 7. The molecule has 6 aliphatic carbocycles. The minimum absolute atomic E-state index is 0.0214. The molecule has 2 aromatic carbocycles. The highest BCUT2D eigenvalue weighted by atomic mass is 16.6. The normalized spacial score (nSPS) is 21.9. The van der Waals surface area contributed by atoms with E-state index in [-0.39, 0.29) is 85.1 Å². The fourth-order valence-corrected chi connectivity index (χ4v) is 14.8. The van der Waals surface area contributed by atoms with Crippen LogP contribution in [0.1, 0.15) is 282 Å². The number of nitrogens with zero attached hydrogens (tertiary/aromatic N) is 2. The molecule has 15 nitrogen and oxygen atoms in total. The van der Waals surface area contributed by atoms with Crippen molar-refractivity contribution >= 4 is 35.8 Å². The number of carbonyl (C=O) groups excluding carboxylic acids is 6. The van der Waals surface area contributed by atoms with Gasteiger partial charge in [-0.3, -0.25) is 28.8 Å². The molecule has 0 heterocycles. The zero-order valence-corrected chi connectivity index (χ0v) is 64.2. The Labute approximate surface area is 582 Å². The van der Waals surface area contributed by atoms with Gasteiger partial charge in [-0.1, -0.05) is 89.9 Å². The average Bonchev–Trinajstić information content (AvgIpc) is 0.743. The van der Waals surface area contributed by atoms with E-state index in [9.17, 15) is 28.8 Å². The SMILES string of the molecule is CCC(C)(C)C(=O)OC1CCCCC1.CCC(C)(CC(C)(C)C(=O)OCCN(C)C)C(=O)OC1CCCCC1.CCC(C)(CC(C)(CC(C)(C)C(=O)OCCN(C)C)C(=O)OC12CC3CC(CC(C3)C1)C2)C(=O)OCc1ccccc1.CCC(C)c1ccc(OC(C)(C)C)cc1. The summed E-state index contributed by atoms with van der Waals surface area (Å²) >= 11 is 0. The third-order valence-corrected chi connectivity index (χ3v) is 21.2. The van der Waals surface area contributed by atoms with Crippen LogP contribution in [0.4, 0.5) is 0 Å². The van der Waals surface area contributed by atoms with Crippen LogP contribution in [0.5, 0.6) is 5.75 Å². The van der Waals surface area contributed by atoms with Crippen molar-refractivity contribution < 1.29 is 61.9 Å². The van der Waals surface area contributed by atoms with Crippen LogP contribution < -0.4 is 4.74 Å². The quantitative estimate of drug-likeness (QED) is 0.0555. The molecule has 0 amide bonds. The molecule has 0 aliphatic heterocycles. The summed E-state index contributed by atoms with van der Waals surface area (Å²) in [4.78, 5) is 82.2. The Balaban J connectivity index is 0.000000305. The molecule has 0 N–H and O–H groups in total. The molecule has 8 rings (SSSR count). The number of carbonyl (C=O) groups is 6. The lowest BCUT2D eigenvalue weighted by atomic mass is 9.54. The second-order valence-electron chi connectivity index (χ2n) is 33.8. The Morgan fingerprint density at radius 3 is 1.31 bits per heavy atom. The standard InChI is InChI=1S/C35H53NO6.C20H37NO4.C14H22O.C12H22O2/c1-8-33(4,30(38)41-22-25-12-10-9-11-13-25)24-34(5,23-32(2,3)29(37)40-15-14-36(6)7)31(39)42-35-19-26-16-27(20-35)18-28(17-26)21-35;1-7-20(4,18(23)25-16-11-9-8-10-12-16)15-19(2,3)17(22)24-14-13-21(5)6;1-6-11(2)12-7-9-13(10-8-12)15-14(3,4)5;1-4-12(2,3)11(13)14-10-8-6-5-7-9-10/h9-13,26-28H,8,14-24H2,1-7H3;16H,7-15H2,1-6H3;7-11H,6H2,1-5H3;10H,4-9H2,1-3H3. The first-order valence-electron chi connectivity index (χ1n) is 37.1. The molecule has 6 saturated carbocycles. The first kappa shape index (κ1) is 83.4. The minimum atomic E-state index is -1.09. The van der Waals surface area contributed by atoms with Crippen LogP contribution in [0.25, 0.3) is 0 Å². The second-order valence-corrected chi connectivity index (χ2v) is 33.8. The first-order valence-corrected chi connectivity index (χ1v) is 37.1. The molecule has 4 bridgehead atoms. The number of likely N-dealkylation sites (N-methyl/N-ethyl adjacent to an activating group) is 2.